The lowest BCUT2D eigenvalue weighted by Gasteiger charge is -2.09. The van der Waals surface area contributed by atoms with Crippen LogP contribution in [-0.4, -0.2) is 56.8 Å². The summed E-state index contributed by atoms with van der Waals surface area (Å²) in [5, 5.41) is 29.2. The Bertz CT molecular complexity index is 1290. The van der Waals surface area contributed by atoms with Gasteiger partial charge in [-0.2, -0.15) is 9.78 Å². The largest absolute Gasteiger partial charge is 0.502 e. The Morgan fingerprint density at radius 2 is 1.88 bits per heavy atom. The first kappa shape index (κ1) is 21.3. The minimum atomic E-state index is -0.635. The van der Waals surface area contributed by atoms with Crippen molar-refractivity contribution < 1.29 is 24.0 Å². The highest BCUT2D eigenvalue weighted by molar-refractivity contribution is 5.98. The fourth-order valence-corrected chi connectivity index (χ4v) is 2.98. The van der Waals surface area contributed by atoms with Gasteiger partial charge in [-0.1, -0.05) is 35.5 Å². The predicted octanol–water partition coefficient (Wildman–Crippen LogP) is 1.39. The van der Waals surface area contributed by atoms with Gasteiger partial charge < -0.3 is 20.3 Å². The number of phenolic OH excluding ortho intramolecular Hbond substituents is 1. The number of carbonyl (C=O) groups excluding carboxylic acids is 1. The zero-order valence-electron chi connectivity index (χ0n) is 17.5. The zero-order valence-corrected chi connectivity index (χ0v) is 17.5. The smallest absolute Gasteiger partial charge is 0.294 e. The number of hydrazone groups is 1. The number of nitrogen functional groups attached to an aromatic ring is 1. The lowest BCUT2D eigenvalue weighted by atomic mass is 10.1. The molecule has 2 aromatic heterocycles. The molecule has 0 aliphatic heterocycles. The van der Waals surface area contributed by atoms with E-state index in [-0.39, 0.29) is 34.6 Å². The number of ether oxygens (including phenoxy) is 2. The quantitative estimate of drug-likeness (QED) is 0.275. The lowest BCUT2D eigenvalue weighted by Crippen LogP contribution is -2.19. The summed E-state index contributed by atoms with van der Waals surface area (Å²) in [6, 6.07) is 12.0. The maximum absolute atomic E-state index is 12.9. The maximum atomic E-state index is 12.9. The van der Waals surface area contributed by atoms with Crippen LogP contribution in [0.25, 0.3) is 17.1 Å². The van der Waals surface area contributed by atoms with Gasteiger partial charge in [-0.15, -0.1) is 5.10 Å². The first-order valence-corrected chi connectivity index (χ1v) is 9.41. The summed E-state index contributed by atoms with van der Waals surface area (Å²) in [5.74, 6) is -0.328. The lowest BCUT2D eigenvalue weighted by molar-refractivity contribution is 0.0950. The van der Waals surface area contributed by atoms with Gasteiger partial charge in [-0.3, -0.25) is 4.79 Å². The summed E-state index contributed by atoms with van der Waals surface area (Å²) >= 11 is 0. The number of nitrogens with zero attached hydrogens (tertiary/aromatic N) is 6. The van der Waals surface area contributed by atoms with Crippen molar-refractivity contribution in [2.45, 2.75) is 0 Å². The minimum Gasteiger partial charge on any atom is -0.502 e. The van der Waals surface area contributed by atoms with E-state index in [2.05, 4.69) is 35.8 Å². The van der Waals surface area contributed by atoms with Gasteiger partial charge in [0.2, 0.25) is 17.4 Å². The topological polar surface area (TPSA) is 176 Å². The van der Waals surface area contributed by atoms with E-state index in [1.54, 1.807) is 24.3 Å². The van der Waals surface area contributed by atoms with E-state index in [4.69, 9.17) is 15.2 Å². The Morgan fingerprint density at radius 3 is 2.48 bits per heavy atom. The Labute approximate surface area is 186 Å². The van der Waals surface area contributed by atoms with E-state index < -0.39 is 5.91 Å². The van der Waals surface area contributed by atoms with Crippen LogP contribution < -0.4 is 20.6 Å². The summed E-state index contributed by atoms with van der Waals surface area (Å²) in [6.45, 7) is 0. The van der Waals surface area contributed by atoms with Gasteiger partial charge in [-0.25, -0.2) is 10.1 Å². The minimum absolute atomic E-state index is 0.0164. The van der Waals surface area contributed by atoms with Gasteiger partial charge in [0.15, 0.2) is 17.2 Å². The number of amides is 1. The van der Waals surface area contributed by atoms with E-state index in [0.29, 0.717) is 16.8 Å². The van der Waals surface area contributed by atoms with Gasteiger partial charge in [0.05, 0.1) is 20.4 Å². The molecule has 0 spiro atoms. The molecule has 13 heteroatoms. The van der Waals surface area contributed by atoms with Gasteiger partial charge in [0.25, 0.3) is 5.91 Å². The average molecular weight is 450 g/mol. The number of aromatic hydroxyl groups is 1. The fourth-order valence-electron chi connectivity index (χ4n) is 2.98. The van der Waals surface area contributed by atoms with Crippen molar-refractivity contribution in [2.75, 3.05) is 20.0 Å². The van der Waals surface area contributed by atoms with Crippen LogP contribution in [0.5, 0.6) is 17.2 Å². The van der Waals surface area contributed by atoms with E-state index in [1.807, 2.05) is 6.07 Å². The van der Waals surface area contributed by atoms with Crippen molar-refractivity contribution in [3.05, 3.63) is 53.7 Å². The second-order valence-electron chi connectivity index (χ2n) is 6.51. The predicted molar refractivity (Wildman–Crippen MR) is 115 cm³/mol. The highest BCUT2D eigenvalue weighted by Crippen LogP contribution is 2.36. The summed E-state index contributed by atoms with van der Waals surface area (Å²) in [6.07, 6.45) is 1.36. The monoisotopic (exact) mass is 450 g/mol. The van der Waals surface area contributed by atoms with Gasteiger partial charge in [0.1, 0.15) is 5.69 Å². The summed E-state index contributed by atoms with van der Waals surface area (Å²) in [7, 11) is 2.81. The summed E-state index contributed by atoms with van der Waals surface area (Å²) < 4.78 is 16.1. The molecule has 0 aliphatic carbocycles. The highest BCUT2D eigenvalue weighted by atomic mass is 16.6. The van der Waals surface area contributed by atoms with E-state index in [0.717, 1.165) is 0 Å². The van der Waals surface area contributed by atoms with Gasteiger partial charge in [-0.05, 0) is 22.4 Å². The zero-order chi connectivity index (χ0) is 23.4. The Hall–Kier alpha value is -4.94. The van der Waals surface area contributed by atoms with Crippen LogP contribution in [0.4, 0.5) is 5.82 Å². The molecule has 168 valence electrons. The highest BCUT2D eigenvalue weighted by Gasteiger charge is 2.25. The van der Waals surface area contributed by atoms with E-state index in [1.165, 1.54) is 37.2 Å². The van der Waals surface area contributed by atoms with Crippen molar-refractivity contribution in [3.8, 4) is 34.3 Å². The molecule has 0 saturated carbocycles. The third-order valence-corrected chi connectivity index (χ3v) is 4.51. The number of nitrogens with one attached hydrogen (secondary N) is 1. The molecule has 4 rings (SSSR count). The van der Waals surface area contributed by atoms with E-state index >= 15 is 0 Å². The number of hydrogen-bond donors (Lipinski definition) is 3. The number of hydrogen-bond acceptors (Lipinski definition) is 11. The van der Waals surface area contributed by atoms with Crippen LogP contribution in [-0.2, 0) is 0 Å². The molecule has 4 aromatic rings. The first-order chi connectivity index (χ1) is 16.0. The molecule has 0 fully saturated rings. The Morgan fingerprint density at radius 1 is 1.18 bits per heavy atom. The van der Waals surface area contributed by atoms with Gasteiger partial charge >= 0.3 is 0 Å². The number of rotatable bonds is 7. The number of benzene rings is 2. The third-order valence-electron chi connectivity index (χ3n) is 4.51. The van der Waals surface area contributed by atoms with Crippen LogP contribution in [0.1, 0.15) is 16.1 Å². The molecular formula is C20H18N8O5. The van der Waals surface area contributed by atoms with Crippen LogP contribution >= 0.6 is 0 Å². The summed E-state index contributed by atoms with van der Waals surface area (Å²) in [5.41, 5.74) is 9.62. The molecule has 4 N–H and O–H groups in total. The molecule has 0 atom stereocenters. The molecule has 33 heavy (non-hydrogen) atoms. The number of methoxy groups -OCH3 is 2. The Balaban J connectivity index is 1.65. The van der Waals surface area contributed by atoms with Crippen molar-refractivity contribution in [1.29, 1.82) is 0 Å². The SMILES string of the molecule is COc1cc(C=NNC(=O)c2nnn(-c3nonc3N)c2-c2ccccc2)cc(OC)c1O. The standard InChI is InChI=1S/C20H18N8O5/c1-31-13-8-11(9-14(32-2)17(13)29)10-22-24-20(30)15-16(12-6-4-3-5-7-12)28(27-23-15)19-18(21)25-33-26-19/h3-10,29H,1-2H3,(H2,21,25)(H,24,30). The van der Waals surface area contributed by atoms with Crippen molar-refractivity contribution in [1.82, 2.24) is 30.7 Å². The molecule has 0 saturated heterocycles. The van der Waals surface area contributed by atoms with Crippen molar-refractivity contribution >= 4 is 17.9 Å². The van der Waals surface area contributed by atoms with Crippen molar-refractivity contribution in [3.63, 3.8) is 0 Å². The number of carbonyl (C=O) groups is 1. The molecule has 0 bridgehead atoms. The molecule has 2 heterocycles. The molecule has 1 amide bonds. The van der Waals surface area contributed by atoms with E-state index in [9.17, 15) is 9.90 Å². The average Bonchev–Trinajstić information content (AvgIpc) is 3.46. The third kappa shape index (κ3) is 4.14. The van der Waals surface area contributed by atoms with Crippen LogP contribution in [0, 0.1) is 0 Å². The summed E-state index contributed by atoms with van der Waals surface area (Å²) in [4.78, 5) is 12.9. The molecule has 0 radical (unpaired) electrons. The van der Waals surface area contributed by atoms with Crippen LogP contribution in [0.3, 0.4) is 0 Å². The molecule has 0 unspecified atom stereocenters. The number of anilines is 1. The molecule has 0 aliphatic rings. The number of nitrogens with two attached hydrogens (primary N) is 1. The molecule has 13 nitrogen and oxygen atoms in total. The number of phenols is 1. The fraction of sp³-hybridized carbons (Fsp3) is 0.100. The normalized spacial score (nSPS) is 11.0. The van der Waals surface area contributed by atoms with Crippen LogP contribution in [0.15, 0.2) is 52.2 Å². The Kier molecular flexibility index (Phi) is 5.84. The van der Waals surface area contributed by atoms with Gasteiger partial charge in [0, 0.05) is 11.1 Å². The first-order valence-electron chi connectivity index (χ1n) is 9.41. The second kappa shape index (κ2) is 9.05. The molecular weight excluding hydrogens is 432 g/mol. The van der Waals surface area contributed by atoms with Crippen LogP contribution in [0.2, 0.25) is 0 Å². The maximum Gasteiger partial charge on any atom is 0.294 e. The van der Waals surface area contributed by atoms with Crippen molar-refractivity contribution in [2.24, 2.45) is 5.10 Å². The second-order valence-corrected chi connectivity index (χ2v) is 6.51. The number of aromatic nitrogens is 5. The molecule has 2 aromatic carbocycles.